The molecule has 3 N–H and O–H groups in total. The number of amidine groups is 1. The maximum atomic E-state index is 13.8. The maximum Gasteiger partial charge on any atom is 0.255 e. The first kappa shape index (κ1) is 28.3. The molecule has 2 aromatic carbocycles. The molecule has 1 aromatic heterocycles. The molecule has 1 aliphatic rings. The summed E-state index contributed by atoms with van der Waals surface area (Å²) in [6.45, 7) is 2.47. The van der Waals surface area contributed by atoms with Gasteiger partial charge in [-0.3, -0.25) is 14.5 Å². The number of sulfonamides is 1. The number of para-hydroxylation sites is 1. The summed E-state index contributed by atoms with van der Waals surface area (Å²) in [5.41, 5.74) is 0.768. The molecule has 0 radical (unpaired) electrons. The number of nitrogens with one attached hydrogen (secondary N) is 3. The number of nitrogens with zero attached hydrogens (tertiary/aromatic N) is 3. The fourth-order valence-corrected chi connectivity index (χ4v) is 5.70. The molecule has 39 heavy (non-hydrogen) atoms. The summed E-state index contributed by atoms with van der Waals surface area (Å²) in [7, 11) is -2.18. The maximum absolute atomic E-state index is 13.8. The van der Waals surface area contributed by atoms with E-state index < -0.39 is 21.5 Å². The molecule has 0 aliphatic carbocycles. The number of hydrogen-bond donors (Lipinski definition) is 3. The van der Waals surface area contributed by atoms with E-state index in [-0.39, 0.29) is 11.7 Å². The third-order valence-electron chi connectivity index (χ3n) is 7.00. The Morgan fingerprint density at radius 1 is 1.15 bits per heavy atom. The van der Waals surface area contributed by atoms with E-state index >= 15 is 0 Å². The number of imidazole rings is 1. The van der Waals surface area contributed by atoms with Crippen molar-refractivity contribution in [3.05, 3.63) is 84.4 Å². The minimum absolute atomic E-state index is 0.220. The quantitative estimate of drug-likeness (QED) is 0.190. The van der Waals surface area contributed by atoms with Gasteiger partial charge in [-0.25, -0.2) is 13.4 Å². The molecule has 0 bridgehead atoms. The van der Waals surface area contributed by atoms with E-state index in [4.69, 9.17) is 9.73 Å². The largest absolute Gasteiger partial charge is 0.496 e. The summed E-state index contributed by atoms with van der Waals surface area (Å²) < 4.78 is 35.2. The smallest absolute Gasteiger partial charge is 0.255 e. The van der Waals surface area contributed by atoms with Crippen LogP contribution < -0.4 is 20.1 Å². The molecule has 1 fully saturated rings. The van der Waals surface area contributed by atoms with Crippen LogP contribution in [0.5, 0.6) is 5.75 Å². The zero-order chi connectivity index (χ0) is 27.7. The highest BCUT2D eigenvalue weighted by atomic mass is 32.2. The molecular weight excluding hydrogens is 516 g/mol. The van der Waals surface area contributed by atoms with Crippen molar-refractivity contribution >= 4 is 21.8 Å². The van der Waals surface area contributed by atoms with Crippen molar-refractivity contribution in [2.45, 2.75) is 37.3 Å². The monoisotopic (exact) mass is 552 g/mol. The van der Waals surface area contributed by atoms with Gasteiger partial charge < -0.3 is 19.9 Å². The van der Waals surface area contributed by atoms with Gasteiger partial charge in [0, 0.05) is 30.9 Å². The van der Waals surface area contributed by atoms with Crippen molar-refractivity contribution in [3.63, 3.8) is 0 Å². The number of amides is 1. The average Bonchev–Trinajstić information content (AvgIpc) is 3.47. The molecule has 4 rings (SSSR count). The molecule has 10 nitrogen and oxygen atoms in total. The van der Waals surface area contributed by atoms with Crippen molar-refractivity contribution in [1.29, 1.82) is 0 Å². The normalized spacial score (nSPS) is 16.3. The van der Waals surface area contributed by atoms with Crippen LogP contribution in [0.3, 0.4) is 0 Å². The van der Waals surface area contributed by atoms with E-state index in [1.165, 1.54) is 7.11 Å². The van der Waals surface area contributed by atoms with Crippen molar-refractivity contribution in [2.24, 2.45) is 4.99 Å². The number of aliphatic imine (C=N–C) groups is 1. The van der Waals surface area contributed by atoms with Crippen LogP contribution >= 0.6 is 0 Å². The number of methoxy groups -OCH3 is 1. The topological polar surface area (TPSA) is 127 Å². The van der Waals surface area contributed by atoms with E-state index in [1.807, 2.05) is 41.1 Å². The van der Waals surface area contributed by atoms with E-state index in [0.29, 0.717) is 56.8 Å². The molecular formula is C28H36N6O4S. The highest BCUT2D eigenvalue weighted by Gasteiger charge is 2.45. The van der Waals surface area contributed by atoms with E-state index in [2.05, 4.69) is 20.3 Å². The predicted molar refractivity (Wildman–Crippen MR) is 152 cm³/mol. The van der Waals surface area contributed by atoms with Crippen LogP contribution in [0.2, 0.25) is 0 Å². The zero-order valence-corrected chi connectivity index (χ0v) is 23.2. The Bertz CT molecular complexity index is 1350. The lowest BCUT2D eigenvalue weighted by Gasteiger charge is -2.45. The molecule has 0 saturated carbocycles. The molecule has 208 valence electrons. The van der Waals surface area contributed by atoms with Gasteiger partial charge in [0.05, 0.1) is 31.3 Å². The summed E-state index contributed by atoms with van der Waals surface area (Å²) in [6.07, 6.45) is 8.43. The first-order chi connectivity index (χ1) is 18.8. The van der Waals surface area contributed by atoms with Crippen LogP contribution in [-0.4, -0.2) is 68.8 Å². The molecule has 1 amide bonds. The van der Waals surface area contributed by atoms with Gasteiger partial charge in [-0.1, -0.05) is 42.5 Å². The molecule has 2 heterocycles. The third kappa shape index (κ3) is 7.24. The van der Waals surface area contributed by atoms with Crippen LogP contribution in [0.15, 0.2) is 78.3 Å². The van der Waals surface area contributed by atoms with Gasteiger partial charge in [-0.05, 0) is 50.0 Å². The van der Waals surface area contributed by atoms with Gasteiger partial charge in [0.15, 0.2) is 0 Å². The lowest BCUT2D eigenvalue weighted by Crippen LogP contribution is -2.61. The molecule has 3 aromatic rings. The van der Waals surface area contributed by atoms with Gasteiger partial charge in [0.25, 0.3) is 5.91 Å². The first-order valence-corrected chi connectivity index (χ1v) is 14.9. The Hall–Kier alpha value is -3.70. The van der Waals surface area contributed by atoms with Crippen molar-refractivity contribution in [2.75, 3.05) is 33.0 Å². The SMILES string of the molecule is COc1ccccc1C(=O)NC(C(=NCCCn1ccnc1)NS(C)(=O)=O)C1(c2ccccc2)CCNCC1. The van der Waals surface area contributed by atoms with Crippen molar-refractivity contribution in [1.82, 2.24) is 24.9 Å². The fourth-order valence-electron chi connectivity index (χ4n) is 5.14. The van der Waals surface area contributed by atoms with Gasteiger partial charge in [0.2, 0.25) is 10.0 Å². The molecule has 0 spiro atoms. The van der Waals surface area contributed by atoms with Gasteiger partial charge in [-0.2, -0.15) is 0 Å². The van der Waals surface area contributed by atoms with Crippen LogP contribution in [0.4, 0.5) is 0 Å². The Morgan fingerprint density at radius 3 is 2.54 bits per heavy atom. The highest BCUT2D eigenvalue weighted by molar-refractivity contribution is 7.89. The van der Waals surface area contributed by atoms with Gasteiger partial charge in [-0.15, -0.1) is 0 Å². The highest BCUT2D eigenvalue weighted by Crippen LogP contribution is 2.38. The molecule has 1 unspecified atom stereocenters. The molecule has 1 saturated heterocycles. The number of aromatic nitrogens is 2. The molecule has 1 atom stereocenters. The number of carbonyl (C=O) groups excluding carboxylic acids is 1. The Kier molecular flexibility index (Phi) is 9.36. The summed E-state index contributed by atoms with van der Waals surface area (Å²) >= 11 is 0. The lowest BCUT2D eigenvalue weighted by molar-refractivity contribution is 0.0918. The van der Waals surface area contributed by atoms with Gasteiger partial charge >= 0.3 is 0 Å². The zero-order valence-electron chi connectivity index (χ0n) is 22.3. The predicted octanol–water partition coefficient (Wildman–Crippen LogP) is 2.35. The number of carbonyl (C=O) groups is 1. The van der Waals surface area contributed by atoms with E-state index in [9.17, 15) is 13.2 Å². The van der Waals surface area contributed by atoms with Crippen LogP contribution in [-0.2, 0) is 22.0 Å². The summed E-state index contributed by atoms with van der Waals surface area (Å²) in [6, 6.07) is 16.2. The number of benzene rings is 2. The van der Waals surface area contributed by atoms with Crippen LogP contribution in [0.1, 0.15) is 35.2 Å². The lowest BCUT2D eigenvalue weighted by atomic mass is 9.67. The second-order valence-electron chi connectivity index (χ2n) is 9.67. The second kappa shape index (κ2) is 12.9. The Labute approximate surface area is 230 Å². The fraction of sp³-hybridized carbons (Fsp3) is 0.393. The molecule has 1 aliphatic heterocycles. The number of rotatable bonds is 11. The first-order valence-electron chi connectivity index (χ1n) is 13.0. The number of hydrogen-bond acceptors (Lipinski definition) is 7. The standard InChI is InChI=1S/C28H36N6O4S/c1-38-24-12-7-6-11-23(24)27(35)32-25(28(13-16-29-17-14-28)22-9-4-3-5-10-22)26(33-39(2,36)37)31-15-8-19-34-20-18-30-21-34/h3-7,9-12,18,20-21,25,29H,8,13-17,19H2,1-2H3,(H,31,33)(H,32,35). The van der Waals surface area contributed by atoms with E-state index in [1.54, 1.807) is 36.8 Å². The van der Waals surface area contributed by atoms with Crippen LogP contribution in [0.25, 0.3) is 0 Å². The molecule has 11 heteroatoms. The summed E-state index contributed by atoms with van der Waals surface area (Å²) in [4.78, 5) is 22.6. The van der Waals surface area contributed by atoms with Gasteiger partial charge in [0.1, 0.15) is 11.6 Å². The Balaban J connectivity index is 1.77. The van der Waals surface area contributed by atoms with Crippen LogP contribution in [0, 0.1) is 0 Å². The Morgan fingerprint density at radius 2 is 1.87 bits per heavy atom. The average molecular weight is 553 g/mol. The van der Waals surface area contributed by atoms with Crippen molar-refractivity contribution < 1.29 is 17.9 Å². The minimum atomic E-state index is -3.70. The number of ether oxygens (including phenoxy) is 1. The van der Waals surface area contributed by atoms with E-state index in [0.717, 1.165) is 11.8 Å². The summed E-state index contributed by atoms with van der Waals surface area (Å²) in [5, 5.41) is 6.58. The number of piperidine rings is 1. The summed E-state index contributed by atoms with van der Waals surface area (Å²) in [5.74, 6) is 0.285. The minimum Gasteiger partial charge on any atom is -0.496 e. The third-order valence-corrected chi connectivity index (χ3v) is 7.58. The second-order valence-corrected chi connectivity index (χ2v) is 11.4. The number of aryl methyl sites for hydroxylation is 1. The van der Waals surface area contributed by atoms with Crippen molar-refractivity contribution in [3.8, 4) is 5.75 Å².